The van der Waals surface area contributed by atoms with Crippen LogP contribution in [0.5, 0.6) is 0 Å². The first-order valence-electron chi connectivity index (χ1n) is 5.07. The molecule has 1 aromatic rings. The fraction of sp³-hybridized carbons (Fsp3) is 0.364. The molecule has 0 aliphatic heterocycles. The summed E-state index contributed by atoms with van der Waals surface area (Å²) < 4.78 is 24.8. The van der Waals surface area contributed by atoms with Gasteiger partial charge in [-0.3, -0.25) is 0 Å². The molecular formula is C11H15N3O2S. The molecule has 0 aliphatic carbocycles. The molecule has 1 unspecified atom stereocenters. The number of nitrogen functional groups attached to an aromatic ring is 1. The van der Waals surface area contributed by atoms with Gasteiger partial charge < -0.3 is 5.73 Å². The van der Waals surface area contributed by atoms with Crippen LogP contribution in [0.1, 0.15) is 12.5 Å². The van der Waals surface area contributed by atoms with Crippen LogP contribution in [0.15, 0.2) is 24.3 Å². The van der Waals surface area contributed by atoms with E-state index >= 15 is 0 Å². The van der Waals surface area contributed by atoms with E-state index in [0.29, 0.717) is 5.69 Å². The monoisotopic (exact) mass is 253 g/mol. The maximum atomic E-state index is 11.8. The number of anilines is 1. The highest BCUT2D eigenvalue weighted by atomic mass is 32.2. The van der Waals surface area contributed by atoms with Gasteiger partial charge in [0.05, 0.1) is 6.07 Å². The number of benzene rings is 1. The molecule has 1 atom stereocenters. The van der Waals surface area contributed by atoms with Crippen LogP contribution in [0.4, 0.5) is 5.69 Å². The number of nitrogens with two attached hydrogens (primary N) is 1. The largest absolute Gasteiger partial charge is 0.398 e. The van der Waals surface area contributed by atoms with Crippen molar-refractivity contribution in [1.29, 1.82) is 5.26 Å². The summed E-state index contributed by atoms with van der Waals surface area (Å²) in [6.07, 6.45) is 0. The lowest BCUT2D eigenvalue weighted by Crippen LogP contribution is -2.33. The third-order valence-electron chi connectivity index (χ3n) is 2.51. The zero-order valence-corrected chi connectivity index (χ0v) is 10.6. The zero-order valence-electron chi connectivity index (χ0n) is 9.79. The molecule has 92 valence electrons. The SMILES string of the molecule is CC(C#N)S(=O)(=O)N(C)Cc1ccccc1N. The lowest BCUT2D eigenvalue weighted by atomic mass is 10.2. The second kappa shape index (κ2) is 5.17. The summed E-state index contributed by atoms with van der Waals surface area (Å²) in [5.74, 6) is 0. The standard InChI is InChI=1S/C11H15N3O2S/c1-9(7-12)17(15,16)14(2)8-10-5-3-4-6-11(10)13/h3-6,9H,8,13H2,1-2H3. The van der Waals surface area contributed by atoms with Crippen LogP contribution in [0.25, 0.3) is 0 Å². The summed E-state index contributed by atoms with van der Waals surface area (Å²) in [6.45, 7) is 1.53. The average molecular weight is 253 g/mol. The Morgan fingerprint density at radius 1 is 1.47 bits per heavy atom. The first-order chi connectivity index (χ1) is 7.89. The summed E-state index contributed by atoms with van der Waals surface area (Å²) in [5, 5.41) is 7.60. The van der Waals surface area contributed by atoms with Crippen molar-refractivity contribution in [3.63, 3.8) is 0 Å². The molecule has 5 nitrogen and oxygen atoms in total. The minimum Gasteiger partial charge on any atom is -0.398 e. The number of rotatable bonds is 4. The number of hydrogen-bond donors (Lipinski definition) is 1. The molecule has 1 rings (SSSR count). The topological polar surface area (TPSA) is 87.2 Å². The Labute approximate surface area is 102 Å². The molecular weight excluding hydrogens is 238 g/mol. The molecule has 0 saturated heterocycles. The third kappa shape index (κ3) is 2.96. The average Bonchev–Trinajstić information content (AvgIpc) is 2.30. The maximum Gasteiger partial charge on any atom is 0.230 e. The highest BCUT2D eigenvalue weighted by molar-refractivity contribution is 7.89. The highest BCUT2D eigenvalue weighted by Crippen LogP contribution is 2.16. The van der Waals surface area contributed by atoms with Gasteiger partial charge in [-0.1, -0.05) is 18.2 Å². The van der Waals surface area contributed by atoms with Gasteiger partial charge in [-0.05, 0) is 18.6 Å². The third-order valence-corrected chi connectivity index (χ3v) is 4.51. The summed E-state index contributed by atoms with van der Waals surface area (Å²) in [6, 6.07) is 8.77. The van der Waals surface area contributed by atoms with Crippen molar-refractivity contribution in [2.75, 3.05) is 12.8 Å². The van der Waals surface area contributed by atoms with Gasteiger partial charge in [0, 0.05) is 19.3 Å². The molecule has 0 saturated carbocycles. The molecule has 6 heteroatoms. The molecule has 17 heavy (non-hydrogen) atoms. The Hall–Kier alpha value is -1.58. The van der Waals surface area contributed by atoms with Crippen LogP contribution in [0.3, 0.4) is 0 Å². The van der Waals surface area contributed by atoms with Gasteiger partial charge >= 0.3 is 0 Å². The van der Waals surface area contributed by atoms with E-state index in [2.05, 4.69) is 0 Å². The Morgan fingerprint density at radius 2 is 2.06 bits per heavy atom. The van der Waals surface area contributed by atoms with Gasteiger partial charge in [-0.25, -0.2) is 8.42 Å². The van der Waals surface area contributed by atoms with Crippen molar-refractivity contribution < 1.29 is 8.42 Å². The normalized spacial score (nSPS) is 13.3. The zero-order chi connectivity index (χ0) is 13.1. The second-order valence-electron chi connectivity index (χ2n) is 3.77. The van der Waals surface area contributed by atoms with E-state index in [1.807, 2.05) is 0 Å². The Kier molecular flexibility index (Phi) is 4.10. The Bertz CT molecular complexity index is 534. The number of nitrogens with zero attached hydrogens (tertiary/aromatic N) is 2. The molecule has 0 aromatic heterocycles. The van der Waals surface area contributed by atoms with Gasteiger partial charge in [-0.2, -0.15) is 9.57 Å². The Morgan fingerprint density at radius 3 is 2.59 bits per heavy atom. The van der Waals surface area contributed by atoms with Crippen molar-refractivity contribution in [3.05, 3.63) is 29.8 Å². The molecule has 0 fully saturated rings. The van der Waals surface area contributed by atoms with Crippen LogP contribution < -0.4 is 5.73 Å². The van der Waals surface area contributed by atoms with E-state index in [0.717, 1.165) is 9.87 Å². The predicted octanol–water partition coefficient (Wildman–Crippen LogP) is 0.942. The predicted molar refractivity (Wildman–Crippen MR) is 66.3 cm³/mol. The van der Waals surface area contributed by atoms with Crippen molar-refractivity contribution in [2.24, 2.45) is 0 Å². The summed E-state index contributed by atoms with van der Waals surface area (Å²) >= 11 is 0. The lowest BCUT2D eigenvalue weighted by Gasteiger charge is -2.19. The number of nitriles is 1. The van der Waals surface area contributed by atoms with Crippen molar-refractivity contribution in [2.45, 2.75) is 18.7 Å². The minimum absolute atomic E-state index is 0.168. The van der Waals surface area contributed by atoms with Gasteiger partial charge in [0.1, 0.15) is 0 Å². The van der Waals surface area contributed by atoms with Crippen molar-refractivity contribution >= 4 is 15.7 Å². The molecule has 0 bridgehead atoms. The van der Waals surface area contributed by atoms with E-state index in [1.54, 1.807) is 30.3 Å². The molecule has 0 amide bonds. The first-order valence-corrected chi connectivity index (χ1v) is 6.58. The minimum atomic E-state index is -3.59. The van der Waals surface area contributed by atoms with Gasteiger partial charge in [0.25, 0.3) is 0 Å². The number of para-hydroxylation sites is 1. The van der Waals surface area contributed by atoms with E-state index in [4.69, 9.17) is 11.0 Å². The molecule has 2 N–H and O–H groups in total. The molecule has 1 aromatic carbocycles. The van der Waals surface area contributed by atoms with Crippen LogP contribution in [0.2, 0.25) is 0 Å². The van der Waals surface area contributed by atoms with Crippen LogP contribution in [0, 0.1) is 11.3 Å². The van der Waals surface area contributed by atoms with Crippen LogP contribution in [-0.4, -0.2) is 25.0 Å². The molecule has 0 radical (unpaired) electrons. The van der Waals surface area contributed by atoms with E-state index < -0.39 is 15.3 Å². The van der Waals surface area contributed by atoms with Gasteiger partial charge in [-0.15, -0.1) is 0 Å². The molecule has 0 spiro atoms. The smallest absolute Gasteiger partial charge is 0.230 e. The fourth-order valence-electron chi connectivity index (χ4n) is 1.34. The van der Waals surface area contributed by atoms with Gasteiger partial charge in [0.2, 0.25) is 10.0 Å². The summed E-state index contributed by atoms with van der Waals surface area (Å²) in [5.41, 5.74) is 7.00. The van der Waals surface area contributed by atoms with Gasteiger partial charge in [0.15, 0.2) is 5.25 Å². The van der Waals surface area contributed by atoms with Crippen molar-refractivity contribution in [3.8, 4) is 6.07 Å². The number of sulfonamides is 1. The Balaban J connectivity index is 2.92. The maximum absolute atomic E-state index is 11.8. The summed E-state index contributed by atoms with van der Waals surface area (Å²) in [7, 11) is -2.15. The van der Waals surface area contributed by atoms with E-state index in [-0.39, 0.29) is 6.54 Å². The quantitative estimate of drug-likeness (QED) is 0.809. The number of hydrogen-bond acceptors (Lipinski definition) is 4. The lowest BCUT2D eigenvalue weighted by molar-refractivity contribution is 0.464. The fourth-order valence-corrected chi connectivity index (χ4v) is 2.34. The van der Waals surface area contributed by atoms with Crippen molar-refractivity contribution in [1.82, 2.24) is 4.31 Å². The molecule has 0 aliphatic rings. The van der Waals surface area contributed by atoms with E-state index in [9.17, 15) is 8.42 Å². The second-order valence-corrected chi connectivity index (χ2v) is 6.13. The van der Waals surface area contributed by atoms with Crippen LogP contribution in [-0.2, 0) is 16.6 Å². The van der Waals surface area contributed by atoms with E-state index in [1.165, 1.54) is 14.0 Å². The van der Waals surface area contributed by atoms with Crippen LogP contribution >= 0.6 is 0 Å². The first kappa shape index (κ1) is 13.5. The highest BCUT2D eigenvalue weighted by Gasteiger charge is 2.25. The summed E-state index contributed by atoms with van der Waals surface area (Å²) in [4.78, 5) is 0. The molecule has 0 heterocycles.